The first kappa shape index (κ1) is 6.29. The van der Waals surface area contributed by atoms with Gasteiger partial charge in [0, 0.05) is 0 Å². The number of aromatic nitrogens is 2. The van der Waals surface area contributed by atoms with Gasteiger partial charge in [-0.15, -0.1) is 5.10 Å². The van der Waals surface area contributed by atoms with Gasteiger partial charge in [-0.2, -0.15) is 0 Å². The number of nitrogens with zero attached hydrogens (tertiary/aromatic N) is 2. The maximum atomic E-state index is 5.61. The average Bonchev–Trinajstić information content (AvgIpc) is 2.43. The van der Waals surface area contributed by atoms with Crippen LogP contribution < -0.4 is 22.3 Å². The average molecular weight is 154 g/mol. The van der Waals surface area contributed by atoms with Crippen molar-refractivity contribution in [2.45, 2.75) is 13.1 Å². The second-order valence-corrected chi connectivity index (χ2v) is 2.54. The molecule has 6 heteroatoms. The first-order chi connectivity index (χ1) is 5.20. The van der Waals surface area contributed by atoms with Crippen LogP contribution in [0.25, 0.3) is 0 Å². The van der Waals surface area contributed by atoms with Crippen LogP contribution in [0, 0.1) is 0 Å². The summed E-state index contributed by atoms with van der Waals surface area (Å²) in [5.74, 6) is 1.12. The third kappa shape index (κ3) is 0.666. The Kier molecular flexibility index (Phi) is 1.02. The standard InChI is InChI=1S/C5H10N6/c1-2-8-9-5-3(6)4(7)10-11(2)5/h2,8-9H,6H2,1H3,(H2,7,10). The van der Waals surface area contributed by atoms with Crippen LogP contribution in [0.3, 0.4) is 0 Å². The molecule has 0 amide bonds. The molecule has 11 heavy (non-hydrogen) atoms. The second-order valence-electron chi connectivity index (χ2n) is 2.54. The van der Waals surface area contributed by atoms with Crippen LogP contribution in [-0.2, 0) is 0 Å². The predicted molar refractivity (Wildman–Crippen MR) is 42.5 cm³/mol. The van der Waals surface area contributed by atoms with E-state index in [-0.39, 0.29) is 6.17 Å². The zero-order valence-electron chi connectivity index (χ0n) is 6.13. The summed E-state index contributed by atoms with van der Waals surface area (Å²) in [5.41, 5.74) is 17.4. The number of hydrogen-bond donors (Lipinski definition) is 4. The summed E-state index contributed by atoms with van der Waals surface area (Å²) in [6, 6.07) is 0. The van der Waals surface area contributed by atoms with Crippen molar-refractivity contribution in [1.82, 2.24) is 15.2 Å². The fourth-order valence-corrected chi connectivity index (χ4v) is 1.10. The topological polar surface area (TPSA) is 93.9 Å². The van der Waals surface area contributed by atoms with Crippen molar-refractivity contribution in [2.75, 3.05) is 16.9 Å². The van der Waals surface area contributed by atoms with E-state index in [1.54, 1.807) is 4.68 Å². The lowest BCUT2D eigenvalue weighted by molar-refractivity contribution is 0.485. The van der Waals surface area contributed by atoms with E-state index in [9.17, 15) is 0 Å². The molecular formula is C5H10N6. The van der Waals surface area contributed by atoms with E-state index >= 15 is 0 Å². The Morgan fingerprint density at radius 3 is 2.91 bits per heavy atom. The molecule has 6 N–H and O–H groups in total. The minimum Gasteiger partial charge on any atom is -0.393 e. The lowest BCUT2D eigenvalue weighted by atomic mass is 10.5. The van der Waals surface area contributed by atoms with E-state index in [2.05, 4.69) is 16.0 Å². The molecule has 60 valence electrons. The number of nitrogens with two attached hydrogens (primary N) is 2. The second kappa shape index (κ2) is 1.79. The normalized spacial score (nSPS) is 21.4. The van der Waals surface area contributed by atoms with Gasteiger partial charge in [0.05, 0.1) is 0 Å². The van der Waals surface area contributed by atoms with Gasteiger partial charge < -0.3 is 16.9 Å². The number of nitrogen functional groups attached to an aromatic ring is 2. The Hall–Kier alpha value is -1.43. The molecule has 1 aliphatic heterocycles. The van der Waals surface area contributed by atoms with E-state index in [0.717, 1.165) is 5.82 Å². The fraction of sp³-hybridized carbons (Fsp3) is 0.400. The van der Waals surface area contributed by atoms with Crippen LogP contribution in [0.15, 0.2) is 0 Å². The van der Waals surface area contributed by atoms with E-state index in [0.29, 0.717) is 11.5 Å². The van der Waals surface area contributed by atoms with Crippen LogP contribution >= 0.6 is 0 Å². The van der Waals surface area contributed by atoms with Crippen molar-refractivity contribution in [3.05, 3.63) is 0 Å². The molecule has 6 nitrogen and oxygen atoms in total. The maximum absolute atomic E-state index is 5.61. The van der Waals surface area contributed by atoms with E-state index in [4.69, 9.17) is 11.5 Å². The van der Waals surface area contributed by atoms with E-state index < -0.39 is 0 Å². The highest BCUT2D eigenvalue weighted by atomic mass is 15.6. The van der Waals surface area contributed by atoms with Gasteiger partial charge in [0.1, 0.15) is 11.9 Å². The summed E-state index contributed by atoms with van der Waals surface area (Å²) in [4.78, 5) is 0. The molecular weight excluding hydrogens is 144 g/mol. The molecule has 0 spiro atoms. The van der Waals surface area contributed by atoms with Crippen molar-refractivity contribution in [1.29, 1.82) is 0 Å². The van der Waals surface area contributed by atoms with Crippen molar-refractivity contribution >= 4 is 17.3 Å². The van der Waals surface area contributed by atoms with Gasteiger partial charge in [0.2, 0.25) is 0 Å². The molecule has 1 aromatic heterocycles. The summed E-state index contributed by atoms with van der Waals surface area (Å²) in [5, 5.41) is 4.02. The SMILES string of the molecule is CC1NNc2c(N)c(N)nn21. The zero-order chi connectivity index (χ0) is 8.01. The van der Waals surface area contributed by atoms with Gasteiger partial charge >= 0.3 is 0 Å². The maximum Gasteiger partial charge on any atom is 0.171 e. The Morgan fingerprint density at radius 2 is 2.27 bits per heavy atom. The smallest absolute Gasteiger partial charge is 0.171 e. The van der Waals surface area contributed by atoms with Gasteiger partial charge in [0.15, 0.2) is 11.6 Å². The molecule has 0 aromatic carbocycles. The van der Waals surface area contributed by atoms with Gasteiger partial charge in [0.25, 0.3) is 0 Å². The molecule has 0 saturated heterocycles. The Balaban J connectivity index is 2.57. The minimum atomic E-state index is 0.101. The Labute approximate surface area is 63.5 Å². The monoisotopic (exact) mass is 154 g/mol. The van der Waals surface area contributed by atoms with Crippen molar-refractivity contribution in [3.8, 4) is 0 Å². The molecule has 1 unspecified atom stereocenters. The molecule has 1 aromatic rings. The largest absolute Gasteiger partial charge is 0.393 e. The van der Waals surface area contributed by atoms with Crippen molar-refractivity contribution < 1.29 is 0 Å². The summed E-state index contributed by atoms with van der Waals surface area (Å²) < 4.78 is 1.71. The fourth-order valence-electron chi connectivity index (χ4n) is 1.10. The predicted octanol–water partition coefficient (Wildman–Crippen LogP) is -0.504. The van der Waals surface area contributed by atoms with Crippen LogP contribution in [0.4, 0.5) is 17.3 Å². The molecule has 0 aliphatic carbocycles. The highest BCUT2D eigenvalue weighted by molar-refractivity contribution is 5.74. The van der Waals surface area contributed by atoms with Gasteiger partial charge in [-0.05, 0) is 6.92 Å². The highest BCUT2D eigenvalue weighted by Crippen LogP contribution is 2.29. The van der Waals surface area contributed by atoms with E-state index in [1.165, 1.54) is 0 Å². The summed E-state index contributed by atoms with van der Waals surface area (Å²) >= 11 is 0. The van der Waals surface area contributed by atoms with Crippen molar-refractivity contribution in [3.63, 3.8) is 0 Å². The number of hydrogen-bond acceptors (Lipinski definition) is 5. The van der Waals surface area contributed by atoms with Gasteiger partial charge in [-0.1, -0.05) is 0 Å². The molecule has 0 saturated carbocycles. The third-order valence-electron chi connectivity index (χ3n) is 1.74. The Bertz CT molecular complexity index is 289. The number of anilines is 3. The van der Waals surface area contributed by atoms with Crippen LogP contribution in [-0.4, -0.2) is 9.78 Å². The van der Waals surface area contributed by atoms with Gasteiger partial charge in [-0.3, -0.25) is 0 Å². The summed E-state index contributed by atoms with van der Waals surface area (Å²) in [6.07, 6.45) is 0.101. The molecule has 0 bridgehead atoms. The molecule has 0 radical (unpaired) electrons. The molecule has 1 atom stereocenters. The first-order valence-corrected chi connectivity index (χ1v) is 3.35. The van der Waals surface area contributed by atoms with Crippen LogP contribution in [0.5, 0.6) is 0 Å². The first-order valence-electron chi connectivity index (χ1n) is 3.35. The number of hydrazine groups is 1. The molecule has 1 aliphatic rings. The van der Waals surface area contributed by atoms with E-state index in [1.807, 2.05) is 6.92 Å². The lowest BCUT2D eigenvalue weighted by Crippen LogP contribution is -2.19. The quantitative estimate of drug-likeness (QED) is 0.404. The van der Waals surface area contributed by atoms with Crippen molar-refractivity contribution in [2.24, 2.45) is 0 Å². The lowest BCUT2D eigenvalue weighted by Gasteiger charge is -2.01. The van der Waals surface area contributed by atoms with Crippen LogP contribution in [0.2, 0.25) is 0 Å². The number of fused-ring (bicyclic) bond motifs is 1. The third-order valence-corrected chi connectivity index (χ3v) is 1.74. The van der Waals surface area contributed by atoms with Gasteiger partial charge in [-0.25, -0.2) is 10.1 Å². The highest BCUT2D eigenvalue weighted by Gasteiger charge is 2.22. The summed E-state index contributed by atoms with van der Waals surface area (Å²) in [7, 11) is 0. The zero-order valence-corrected chi connectivity index (χ0v) is 6.13. The number of nitrogens with one attached hydrogen (secondary N) is 2. The Morgan fingerprint density at radius 1 is 1.55 bits per heavy atom. The minimum absolute atomic E-state index is 0.101. The number of rotatable bonds is 0. The molecule has 2 heterocycles. The molecule has 0 fully saturated rings. The molecule has 2 rings (SSSR count). The van der Waals surface area contributed by atoms with Crippen LogP contribution in [0.1, 0.15) is 13.1 Å². The summed E-state index contributed by atoms with van der Waals surface area (Å²) in [6.45, 7) is 1.95.